The van der Waals surface area contributed by atoms with Crippen molar-refractivity contribution in [3.63, 3.8) is 0 Å². The number of benzene rings is 1. The summed E-state index contributed by atoms with van der Waals surface area (Å²) in [7, 11) is 1.54. The Bertz CT molecular complexity index is 748. The van der Waals surface area contributed by atoms with E-state index < -0.39 is 11.7 Å². The van der Waals surface area contributed by atoms with Gasteiger partial charge in [-0.1, -0.05) is 12.1 Å². The Morgan fingerprint density at radius 1 is 1.20 bits per heavy atom. The highest BCUT2D eigenvalue weighted by Gasteiger charge is 2.37. The average Bonchev–Trinajstić information content (AvgIpc) is 3.06. The van der Waals surface area contributed by atoms with Gasteiger partial charge in [0.15, 0.2) is 5.82 Å². The summed E-state index contributed by atoms with van der Waals surface area (Å²) >= 11 is 3.36. The number of para-hydroxylation sites is 1. The maximum atomic E-state index is 13.4. The van der Waals surface area contributed by atoms with E-state index in [2.05, 4.69) is 25.9 Å². The molecule has 1 saturated carbocycles. The van der Waals surface area contributed by atoms with Crippen LogP contribution in [0, 0.1) is 0 Å². The molecule has 0 N–H and O–H groups in total. The summed E-state index contributed by atoms with van der Waals surface area (Å²) in [5, 5.41) is 0. The number of ether oxygens (including phenoxy) is 1. The molecule has 8 heteroatoms. The standard InChI is InChI=1S/C17H17BrF3N3O/c1-24(14-9-5-4-8-13(14)18)15-12(17(19,20)21)10-22-16(23-15)25-11-6-2-3-7-11/h4-5,8-11H,2-3,6-7H2,1H3. The summed E-state index contributed by atoms with van der Waals surface area (Å²) in [5.74, 6) is -0.234. The van der Waals surface area contributed by atoms with Gasteiger partial charge in [0.1, 0.15) is 11.7 Å². The highest BCUT2D eigenvalue weighted by molar-refractivity contribution is 9.10. The molecular weight excluding hydrogens is 399 g/mol. The summed E-state index contributed by atoms with van der Waals surface area (Å²) in [6.07, 6.45) is 0.0544. The number of hydrogen-bond donors (Lipinski definition) is 0. The molecule has 2 aromatic rings. The Labute approximate surface area is 152 Å². The number of anilines is 2. The SMILES string of the molecule is CN(c1ccccc1Br)c1nc(OC2CCCC2)ncc1C(F)(F)F. The average molecular weight is 416 g/mol. The molecule has 3 rings (SSSR count). The molecular formula is C17H17BrF3N3O. The van der Waals surface area contributed by atoms with Gasteiger partial charge in [-0.25, -0.2) is 4.98 Å². The highest BCUT2D eigenvalue weighted by atomic mass is 79.9. The van der Waals surface area contributed by atoms with Crippen LogP contribution in [0.5, 0.6) is 6.01 Å². The first-order chi connectivity index (χ1) is 11.9. The zero-order valence-electron chi connectivity index (χ0n) is 13.6. The van der Waals surface area contributed by atoms with Gasteiger partial charge < -0.3 is 9.64 Å². The van der Waals surface area contributed by atoms with Crippen LogP contribution in [-0.4, -0.2) is 23.1 Å². The van der Waals surface area contributed by atoms with Crippen molar-refractivity contribution in [1.29, 1.82) is 0 Å². The van der Waals surface area contributed by atoms with E-state index in [0.29, 0.717) is 10.2 Å². The van der Waals surface area contributed by atoms with E-state index in [9.17, 15) is 13.2 Å². The number of aromatic nitrogens is 2. The molecule has 134 valence electrons. The second-order valence-corrected chi connectivity index (χ2v) is 6.78. The molecule has 0 radical (unpaired) electrons. The van der Waals surface area contributed by atoms with Crippen molar-refractivity contribution < 1.29 is 17.9 Å². The second-order valence-electron chi connectivity index (χ2n) is 5.92. The normalized spacial score (nSPS) is 15.4. The molecule has 1 heterocycles. The van der Waals surface area contributed by atoms with Gasteiger partial charge in [0.25, 0.3) is 0 Å². The minimum atomic E-state index is -4.56. The van der Waals surface area contributed by atoms with Crippen molar-refractivity contribution in [3.8, 4) is 6.01 Å². The molecule has 25 heavy (non-hydrogen) atoms. The van der Waals surface area contributed by atoms with Gasteiger partial charge in [0.05, 0.1) is 5.69 Å². The third-order valence-corrected chi connectivity index (χ3v) is 4.83. The lowest BCUT2D eigenvalue weighted by molar-refractivity contribution is -0.137. The molecule has 1 aliphatic rings. The lowest BCUT2D eigenvalue weighted by atomic mass is 10.2. The molecule has 0 unspecified atom stereocenters. The summed E-state index contributed by atoms with van der Waals surface area (Å²) in [4.78, 5) is 9.23. The lowest BCUT2D eigenvalue weighted by Gasteiger charge is -2.24. The number of hydrogen-bond acceptors (Lipinski definition) is 4. The third-order valence-electron chi connectivity index (χ3n) is 4.16. The molecule has 0 spiro atoms. The topological polar surface area (TPSA) is 38.2 Å². The summed E-state index contributed by atoms with van der Waals surface area (Å²) in [5.41, 5.74) is -0.331. The molecule has 1 aromatic heterocycles. The Morgan fingerprint density at radius 2 is 1.88 bits per heavy atom. The smallest absolute Gasteiger partial charge is 0.421 e. The number of alkyl halides is 3. The first kappa shape index (κ1) is 18.0. The van der Waals surface area contributed by atoms with Crippen LogP contribution in [0.15, 0.2) is 34.9 Å². The van der Waals surface area contributed by atoms with E-state index in [-0.39, 0.29) is 17.9 Å². The van der Waals surface area contributed by atoms with Gasteiger partial charge in [0, 0.05) is 17.7 Å². The maximum absolute atomic E-state index is 13.4. The first-order valence-electron chi connectivity index (χ1n) is 7.95. The maximum Gasteiger partial charge on any atom is 0.421 e. The van der Waals surface area contributed by atoms with Gasteiger partial charge in [-0.05, 0) is 53.7 Å². The second kappa shape index (κ2) is 7.19. The van der Waals surface area contributed by atoms with Gasteiger partial charge >= 0.3 is 12.2 Å². The van der Waals surface area contributed by atoms with Crippen molar-refractivity contribution in [3.05, 3.63) is 40.5 Å². The van der Waals surface area contributed by atoms with Crippen molar-refractivity contribution in [1.82, 2.24) is 9.97 Å². The third kappa shape index (κ3) is 4.05. The van der Waals surface area contributed by atoms with Crippen molar-refractivity contribution in [2.45, 2.75) is 38.0 Å². The van der Waals surface area contributed by atoms with E-state index in [1.54, 1.807) is 24.3 Å². The largest absolute Gasteiger partial charge is 0.460 e. The zero-order chi connectivity index (χ0) is 18.0. The van der Waals surface area contributed by atoms with Gasteiger partial charge in [0.2, 0.25) is 0 Å². The Hall–Kier alpha value is -1.83. The van der Waals surface area contributed by atoms with Crippen LogP contribution in [0.4, 0.5) is 24.7 Å². The van der Waals surface area contributed by atoms with E-state index in [1.807, 2.05) is 0 Å². The molecule has 1 fully saturated rings. The van der Waals surface area contributed by atoms with Gasteiger partial charge in [-0.3, -0.25) is 0 Å². The van der Waals surface area contributed by atoms with Crippen LogP contribution in [0.1, 0.15) is 31.2 Å². The van der Waals surface area contributed by atoms with E-state index >= 15 is 0 Å². The van der Waals surface area contributed by atoms with Crippen LogP contribution in [0.2, 0.25) is 0 Å². The molecule has 1 aliphatic carbocycles. The molecule has 0 saturated heterocycles. The lowest BCUT2D eigenvalue weighted by Crippen LogP contribution is -2.21. The monoisotopic (exact) mass is 415 g/mol. The van der Waals surface area contributed by atoms with Gasteiger partial charge in [-0.2, -0.15) is 18.2 Å². The molecule has 0 bridgehead atoms. The minimum Gasteiger partial charge on any atom is -0.460 e. The number of halogens is 4. The predicted molar refractivity (Wildman–Crippen MR) is 92.1 cm³/mol. The zero-order valence-corrected chi connectivity index (χ0v) is 15.1. The molecule has 4 nitrogen and oxygen atoms in total. The Morgan fingerprint density at radius 3 is 2.52 bits per heavy atom. The summed E-state index contributed by atoms with van der Waals surface area (Å²) in [6.45, 7) is 0. The quantitative estimate of drug-likeness (QED) is 0.674. The first-order valence-corrected chi connectivity index (χ1v) is 8.74. The van der Waals surface area contributed by atoms with Gasteiger partial charge in [-0.15, -0.1) is 0 Å². The van der Waals surface area contributed by atoms with Crippen LogP contribution in [0.25, 0.3) is 0 Å². The van der Waals surface area contributed by atoms with Crippen molar-refractivity contribution >= 4 is 27.4 Å². The van der Waals surface area contributed by atoms with Crippen LogP contribution >= 0.6 is 15.9 Å². The summed E-state index contributed by atoms with van der Waals surface area (Å²) in [6, 6.07) is 7.00. The number of nitrogens with zero attached hydrogens (tertiary/aromatic N) is 3. The Kier molecular flexibility index (Phi) is 5.17. The van der Waals surface area contributed by atoms with Crippen LogP contribution < -0.4 is 9.64 Å². The van der Waals surface area contributed by atoms with Crippen LogP contribution in [-0.2, 0) is 6.18 Å². The fourth-order valence-corrected chi connectivity index (χ4v) is 3.41. The Balaban J connectivity index is 2.00. The van der Waals surface area contributed by atoms with Crippen molar-refractivity contribution in [2.75, 3.05) is 11.9 Å². The highest BCUT2D eigenvalue weighted by Crippen LogP contribution is 2.39. The predicted octanol–water partition coefficient (Wildman–Crippen LogP) is 5.35. The van der Waals surface area contributed by atoms with Crippen molar-refractivity contribution in [2.24, 2.45) is 0 Å². The molecule has 0 aliphatic heterocycles. The van der Waals surface area contributed by atoms with E-state index in [0.717, 1.165) is 31.9 Å². The molecule has 0 atom stereocenters. The minimum absolute atomic E-state index is 0.0196. The molecule has 0 amide bonds. The summed E-state index contributed by atoms with van der Waals surface area (Å²) < 4.78 is 46.5. The fraction of sp³-hybridized carbons (Fsp3) is 0.412. The molecule has 1 aromatic carbocycles. The van der Waals surface area contributed by atoms with E-state index in [1.165, 1.54) is 11.9 Å². The van der Waals surface area contributed by atoms with E-state index in [4.69, 9.17) is 4.74 Å². The van der Waals surface area contributed by atoms with Crippen LogP contribution in [0.3, 0.4) is 0 Å². The number of rotatable bonds is 4. The fourth-order valence-electron chi connectivity index (χ4n) is 2.86.